The number of halogens is 3. The van der Waals surface area contributed by atoms with Gasteiger partial charge in [0, 0.05) is 0 Å². The van der Waals surface area contributed by atoms with Gasteiger partial charge in [0.05, 0.1) is 11.5 Å². The molecule has 2 aromatic rings. The summed E-state index contributed by atoms with van der Waals surface area (Å²) < 4.78 is 42.9. The first-order valence-electron chi connectivity index (χ1n) is 6.62. The summed E-state index contributed by atoms with van der Waals surface area (Å²) in [6.45, 7) is 0.103. The second-order valence-corrected chi connectivity index (χ2v) is 4.71. The highest BCUT2D eigenvalue weighted by atomic mass is 19.4. The molecule has 0 aliphatic rings. The molecule has 0 aliphatic carbocycles. The van der Waals surface area contributed by atoms with E-state index in [-0.39, 0.29) is 6.61 Å². The van der Waals surface area contributed by atoms with Crippen LogP contribution in [0.4, 0.5) is 13.2 Å². The van der Waals surface area contributed by atoms with Crippen molar-refractivity contribution in [3.63, 3.8) is 0 Å². The molecular weight excluding hydrogens is 309 g/mol. The highest BCUT2D eigenvalue weighted by Crippen LogP contribution is 2.29. The quantitative estimate of drug-likeness (QED) is 0.795. The normalized spacial score (nSPS) is 11.6. The number of carbonyl (C=O) groups is 1. The molecule has 0 aromatic heterocycles. The molecule has 0 amide bonds. The van der Waals surface area contributed by atoms with Crippen LogP contribution in [-0.4, -0.2) is 5.97 Å². The molecule has 0 atom stereocenters. The Balaban J connectivity index is 2.01. The van der Waals surface area contributed by atoms with Gasteiger partial charge in [-0.2, -0.15) is 13.2 Å². The van der Waals surface area contributed by atoms with Gasteiger partial charge < -0.3 is 14.6 Å². The zero-order chi connectivity index (χ0) is 16.9. The van der Waals surface area contributed by atoms with Crippen molar-refractivity contribution in [1.29, 1.82) is 0 Å². The summed E-state index contributed by atoms with van der Waals surface area (Å²) in [5.74, 6) is -0.827. The molecule has 0 saturated heterocycles. The van der Waals surface area contributed by atoms with E-state index in [0.29, 0.717) is 16.9 Å². The highest BCUT2D eigenvalue weighted by molar-refractivity contribution is 5.83. The summed E-state index contributed by atoms with van der Waals surface area (Å²) in [7, 11) is 0. The first-order chi connectivity index (χ1) is 10.8. The molecule has 3 nitrogen and oxygen atoms in total. The lowest BCUT2D eigenvalue weighted by molar-refractivity contribution is -0.297. The minimum absolute atomic E-state index is 0.103. The largest absolute Gasteiger partial charge is 0.545 e. The summed E-state index contributed by atoms with van der Waals surface area (Å²) in [5.41, 5.74) is 0.489. The number of carboxylic acids is 1. The van der Waals surface area contributed by atoms with E-state index in [4.69, 9.17) is 4.74 Å². The second-order valence-electron chi connectivity index (χ2n) is 4.71. The average Bonchev–Trinajstić information content (AvgIpc) is 2.51. The smallest absolute Gasteiger partial charge is 0.416 e. The zero-order valence-electron chi connectivity index (χ0n) is 11.8. The Bertz CT molecular complexity index is 704. The van der Waals surface area contributed by atoms with Gasteiger partial charge in [-0.25, -0.2) is 0 Å². The van der Waals surface area contributed by atoms with Gasteiger partial charge in [-0.15, -0.1) is 0 Å². The number of carbonyl (C=O) groups excluding carboxylic acids is 1. The van der Waals surface area contributed by atoms with E-state index in [9.17, 15) is 23.1 Å². The fraction of sp³-hybridized carbons (Fsp3) is 0.118. The zero-order valence-corrected chi connectivity index (χ0v) is 11.8. The van der Waals surface area contributed by atoms with E-state index in [1.165, 1.54) is 18.2 Å². The standard InChI is InChI=1S/C17H13F3O3/c18-17(19,20)14-7-4-13(5-8-14)11-23-15-3-1-2-12(10-15)6-9-16(21)22/h1-10H,11H2,(H,21,22)/p-1/b9-6+. The lowest BCUT2D eigenvalue weighted by Crippen LogP contribution is -2.18. The first kappa shape index (κ1) is 16.6. The summed E-state index contributed by atoms with van der Waals surface area (Å²) in [5, 5.41) is 10.4. The van der Waals surface area contributed by atoms with Crippen LogP contribution in [-0.2, 0) is 17.6 Å². The van der Waals surface area contributed by atoms with E-state index in [0.717, 1.165) is 18.2 Å². The van der Waals surface area contributed by atoms with Gasteiger partial charge in [-0.1, -0.05) is 30.3 Å². The molecule has 0 aliphatic heterocycles. The van der Waals surface area contributed by atoms with Crippen LogP contribution in [0.1, 0.15) is 16.7 Å². The van der Waals surface area contributed by atoms with Crippen LogP contribution in [0.15, 0.2) is 54.6 Å². The predicted molar refractivity (Wildman–Crippen MR) is 76.3 cm³/mol. The second kappa shape index (κ2) is 7.00. The summed E-state index contributed by atoms with van der Waals surface area (Å²) in [6.07, 6.45) is -2.10. The Morgan fingerprint density at radius 2 is 1.83 bits per heavy atom. The monoisotopic (exact) mass is 321 g/mol. The van der Waals surface area contributed by atoms with E-state index >= 15 is 0 Å². The Kier molecular flexibility index (Phi) is 5.05. The van der Waals surface area contributed by atoms with Crippen molar-refractivity contribution in [3.8, 4) is 5.75 Å². The molecule has 2 aromatic carbocycles. The number of benzene rings is 2. The van der Waals surface area contributed by atoms with E-state index in [1.54, 1.807) is 24.3 Å². The third-order valence-corrected chi connectivity index (χ3v) is 2.96. The molecule has 6 heteroatoms. The van der Waals surface area contributed by atoms with Gasteiger partial charge in [0.1, 0.15) is 12.4 Å². The minimum atomic E-state index is -4.36. The number of aliphatic carboxylic acids is 1. The van der Waals surface area contributed by atoms with Crippen LogP contribution in [0.3, 0.4) is 0 Å². The third kappa shape index (κ3) is 5.18. The first-order valence-corrected chi connectivity index (χ1v) is 6.62. The molecule has 0 N–H and O–H groups in total. The number of alkyl halides is 3. The van der Waals surface area contributed by atoms with E-state index in [1.807, 2.05) is 0 Å². The van der Waals surface area contributed by atoms with Gasteiger partial charge in [0.2, 0.25) is 0 Å². The summed E-state index contributed by atoms with van der Waals surface area (Å²) in [6, 6.07) is 11.3. The number of ether oxygens (including phenoxy) is 1. The Morgan fingerprint density at radius 1 is 1.13 bits per heavy atom. The van der Waals surface area contributed by atoms with Gasteiger partial charge in [-0.3, -0.25) is 0 Å². The fourth-order valence-corrected chi connectivity index (χ4v) is 1.83. The van der Waals surface area contributed by atoms with Crippen LogP contribution in [0, 0.1) is 0 Å². The number of hydrogen-bond acceptors (Lipinski definition) is 3. The number of carboxylic acid groups (broad SMARTS) is 1. The molecule has 0 radical (unpaired) electrons. The van der Waals surface area contributed by atoms with Crippen LogP contribution >= 0.6 is 0 Å². The van der Waals surface area contributed by atoms with Crippen LogP contribution in [0.5, 0.6) is 5.75 Å². The molecule has 0 unspecified atom stereocenters. The van der Waals surface area contributed by atoms with Crippen molar-refractivity contribution in [2.24, 2.45) is 0 Å². The Labute approximate surface area is 130 Å². The third-order valence-electron chi connectivity index (χ3n) is 2.96. The molecular formula is C17H12F3O3-. The predicted octanol–water partition coefficient (Wildman–Crippen LogP) is 3.05. The van der Waals surface area contributed by atoms with Crippen molar-refractivity contribution in [1.82, 2.24) is 0 Å². The average molecular weight is 321 g/mol. The topological polar surface area (TPSA) is 49.4 Å². The van der Waals surface area contributed by atoms with Gasteiger partial charge in [-0.05, 0) is 41.5 Å². The summed E-state index contributed by atoms with van der Waals surface area (Å²) >= 11 is 0. The van der Waals surface area contributed by atoms with E-state index < -0.39 is 17.7 Å². The van der Waals surface area contributed by atoms with Crippen LogP contribution < -0.4 is 9.84 Å². The maximum atomic E-state index is 12.5. The van der Waals surface area contributed by atoms with Gasteiger partial charge >= 0.3 is 6.18 Å². The van der Waals surface area contributed by atoms with Crippen LogP contribution in [0.2, 0.25) is 0 Å². The Hall–Kier alpha value is -2.76. The van der Waals surface area contributed by atoms with Crippen molar-refractivity contribution >= 4 is 12.0 Å². The molecule has 0 fully saturated rings. The van der Waals surface area contributed by atoms with Gasteiger partial charge in [0.15, 0.2) is 0 Å². The van der Waals surface area contributed by atoms with E-state index in [2.05, 4.69) is 0 Å². The number of rotatable bonds is 5. The maximum Gasteiger partial charge on any atom is 0.416 e. The molecule has 0 bridgehead atoms. The van der Waals surface area contributed by atoms with Crippen molar-refractivity contribution in [2.45, 2.75) is 12.8 Å². The fourth-order valence-electron chi connectivity index (χ4n) is 1.83. The molecule has 0 saturated carbocycles. The molecule has 120 valence electrons. The molecule has 2 rings (SSSR count). The van der Waals surface area contributed by atoms with Crippen LogP contribution in [0.25, 0.3) is 6.08 Å². The van der Waals surface area contributed by atoms with Crippen molar-refractivity contribution in [2.75, 3.05) is 0 Å². The highest BCUT2D eigenvalue weighted by Gasteiger charge is 2.29. The molecule has 0 heterocycles. The molecule has 23 heavy (non-hydrogen) atoms. The summed E-state index contributed by atoms with van der Waals surface area (Å²) in [4.78, 5) is 10.4. The number of hydrogen-bond donors (Lipinski definition) is 0. The maximum absolute atomic E-state index is 12.5. The van der Waals surface area contributed by atoms with Crippen molar-refractivity contribution in [3.05, 3.63) is 71.3 Å². The molecule has 0 spiro atoms. The SMILES string of the molecule is O=C([O-])/C=C/c1cccc(OCc2ccc(C(F)(F)F)cc2)c1. The lowest BCUT2D eigenvalue weighted by Gasteiger charge is -2.09. The minimum Gasteiger partial charge on any atom is -0.545 e. The van der Waals surface area contributed by atoms with Gasteiger partial charge in [0.25, 0.3) is 0 Å². The van der Waals surface area contributed by atoms with Crippen molar-refractivity contribution < 1.29 is 27.8 Å². The lowest BCUT2D eigenvalue weighted by atomic mass is 10.1. The Morgan fingerprint density at radius 3 is 2.43 bits per heavy atom.